The molecule has 1 aliphatic heterocycles. The topological polar surface area (TPSA) is 37.1 Å². The van der Waals surface area contributed by atoms with Gasteiger partial charge in [0.2, 0.25) is 6.17 Å². The van der Waals surface area contributed by atoms with Gasteiger partial charge >= 0.3 is 0 Å². The van der Waals surface area contributed by atoms with Crippen molar-refractivity contribution >= 4 is 6.34 Å². The van der Waals surface area contributed by atoms with Gasteiger partial charge in [0.1, 0.15) is 6.34 Å². The molecule has 1 saturated carbocycles. The maximum absolute atomic E-state index is 4.19. The molecule has 0 spiro atoms. The summed E-state index contributed by atoms with van der Waals surface area (Å²) in [5, 5.41) is 7.84. The van der Waals surface area contributed by atoms with Crippen molar-refractivity contribution in [1.29, 1.82) is 0 Å². The Bertz CT molecular complexity index is 190. The summed E-state index contributed by atoms with van der Waals surface area (Å²) in [5.74, 6) is 0.586. The lowest BCUT2D eigenvalue weighted by Gasteiger charge is -2.19. The molecule has 0 bridgehead atoms. The van der Waals surface area contributed by atoms with Crippen LogP contribution in [0.15, 0.2) is 15.2 Å². The van der Waals surface area contributed by atoms with Crippen LogP contribution >= 0.6 is 0 Å². The molecule has 0 amide bonds. The molecule has 0 atom stereocenters. The molecule has 0 saturated heterocycles. The van der Waals surface area contributed by atoms with E-state index in [4.69, 9.17) is 0 Å². The Morgan fingerprint density at radius 3 is 2.31 bits per heavy atom. The van der Waals surface area contributed by atoms with Gasteiger partial charge in [0.05, 0.1) is 0 Å². The van der Waals surface area contributed by atoms with Gasteiger partial charge < -0.3 is 0 Å². The summed E-state index contributed by atoms with van der Waals surface area (Å²) in [6, 6.07) is 0. The van der Waals surface area contributed by atoms with E-state index in [9.17, 15) is 0 Å². The highest BCUT2D eigenvalue weighted by Gasteiger charge is 2.23. The molecule has 0 aromatic carbocycles. The maximum Gasteiger partial charge on any atom is 0.222 e. The van der Waals surface area contributed by atoms with Gasteiger partial charge in [-0.1, -0.05) is 32.1 Å². The van der Waals surface area contributed by atoms with E-state index in [2.05, 4.69) is 15.2 Å². The largest absolute Gasteiger partial charge is 0.235 e. The highest BCUT2D eigenvalue weighted by atomic mass is 15.3. The second-order valence-electron chi connectivity index (χ2n) is 3.86. The summed E-state index contributed by atoms with van der Waals surface area (Å²) in [6.07, 6.45) is 11.9. The van der Waals surface area contributed by atoms with Crippen LogP contribution in [-0.4, -0.2) is 6.34 Å². The van der Waals surface area contributed by atoms with E-state index in [1.165, 1.54) is 44.9 Å². The SMILES string of the molecule is C1=N[C](C2CCCCCCC2)N=N1. The lowest BCUT2D eigenvalue weighted by Crippen LogP contribution is -2.09. The molecule has 3 heteroatoms. The number of aliphatic imine (C=N–C) groups is 1. The molecule has 1 heterocycles. The number of hydrogen-bond donors (Lipinski definition) is 0. The van der Waals surface area contributed by atoms with Crippen LogP contribution in [0, 0.1) is 12.1 Å². The molecule has 1 aliphatic carbocycles. The zero-order chi connectivity index (χ0) is 8.93. The van der Waals surface area contributed by atoms with E-state index in [-0.39, 0.29) is 0 Å². The van der Waals surface area contributed by atoms with Crippen LogP contribution in [0.5, 0.6) is 0 Å². The molecule has 1 fully saturated rings. The van der Waals surface area contributed by atoms with E-state index in [0.717, 1.165) is 6.17 Å². The van der Waals surface area contributed by atoms with Crippen molar-refractivity contribution in [3.8, 4) is 0 Å². The molecule has 1 radical (unpaired) electrons. The molecule has 2 aliphatic rings. The van der Waals surface area contributed by atoms with Gasteiger partial charge in [-0.2, -0.15) is 5.11 Å². The van der Waals surface area contributed by atoms with Crippen LogP contribution < -0.4 is 0 Å². The van der Waals surface area contributed by atoms with Crippen molar-refractivity contribution in [3.63, 3.8) is 0 Å². The Labute approximate surface area is 79.4 Å². The first-order chi connectivity index (χ1) is 6.47. The van der Waals surface area contributed by atoms with Crippen LogP contribution in [0.4, 0.5) is 0 Å². The second kappa shape index (κ2) is 4.49. The third kappa shape index (κ3) is 2.36. The van der Waals surface area contributed by atoms with Crippen LogP contribution in [0.1, 0.15) is 44.9 Å². The zero-order valence-corrected chi connectivity index (χ0v) is 7.95. The first-order valence-electron chi connectivity index (χ1n) is 5.27. The van der Waals surface area contributed by atoms with Gasteiger partial charge in [-0.25, -0.2) is 4.99 Å². The summed E-state index contributed by atoms with van der Waals surface area (Å²) >= 11 is 0. The molecule has 71 valence electrons. The smallest absolute Gasteiger partial charge is 0.222 e. The predicted molar refractivity (Wildman–Crippen MR) is 52.4 cm³/mol. The summed E-state index contributed by atoms with van der Waals surface area (Å²) in [5.41, 5.74) is 0. The van der Waals surface area contributed by atoms with Gasteiger partial charge in [-0.05, 0) is 12.8 Å². The molecular weight excluding hydrogens is 162 g/mol. The summed E-state index contributed by atoms with van der Waals surface area (Å²) in [7, 11) is 0. The van der Waals surface area contributed by atoms with Crippen LogP contribution in [0.2, 0.25) is 0 Å². The molecule has 3 nitrogen and oxygen atoms in total. The van der Waals surface area contributed by atoms with Crippen molar-refractivity contribution < 1.29 is 0 Å². The van der Waals surface area contributed by atoms with Gasteiger partial charge in [-0.15, -0.1) is 5.11 Å². The fourth-order valence-corrected chi connectivity index (χ4v) is 2.10. The van der Waals surface area contributed by atoms with Crippen molar-refractivity contribution in [2.75, 3.05) is 0 Å². The minimum absolute atomic E-state index is 0.586. The monoisotopic (exact) mass is 178 g/mol. The standard InChI is InChI=1S/C10H16N3/c1-2-4-6-9(7-5-3-1)10-11-8-12-13-10/h8-9H,1-7H2. The number of nitrogens with zero attached hydrogens (tertiary/aromatic N) is 3. The Morgan fingerprint density at radius 1 is 1.00 bits per heavy atom. The van der Waals surface area contributed by atoms with Crippen molar-refractivity contribution in [2.45, 2.75) is 44.9 Å². The predicted octanol–water partition coefficient (Wildman–Crippen LogP) is 3.33. The van der Waals surface area contributed by atoms with Crippen molar-refractivity contribution in [1.82, 2.24) is 0 Å². The van der Waals surface area contributed by atoms with E-state index in [1.807, 2.05) is 0 Å². The van der Waals surface area contributed by atoms with E-state index < -0.39 is 0 Å². The number of hydrogen-bond acceptors (Lipinski definition) is 3. The summed E-state index contributed by atoms with van der Waals surface area (Å²) in [6.45, 7) is 0. The average Bonchev–Trinajstić information content (AvgIpc) is 2.55. The Hall–Kier alpha value is -0.730. The molecule has 0 aromatic heterocycles. The van der Waals surface area contributed by atoms with E-state index in [0.29, 0.717) is 5.92 Å². The first-order valence-corrected chi connectivity index (χ1v) is 5.27. The number of azo groups is 1. The Kier molecular flexibility index (Phi) is 3.06. The number of rotatable bonds is 1. The maximum atomic E-state index is 4.19. The highest BCUT2D eigenvalue weighted by molar-refractivity contribution is 5.57. The Balaban J connectivity index is 1.88. The fourth-order valence-electron chi connectivity index (χ4n) is 2.10. The third-order valence-corrected chi connectivity index (χ3v) is 2.87. The summed E-state index contributed by atoms with van der Waals surface area (Å²) < 4.78 is 0. The minimum Gasteiger partial charge on any atom is -0.235 e. The molecule has 0 N–H and O–H groups in total. The van der Waals surface area contributed by atoms with Crippen LogP contribution in [0.3, 0.4) is 0 Å². The quantitative estimate of drug-likeness (QED) is 0.590. The lowest BCUT2D eigenvalue weighted by atomic mass is 9.89. The highest BCUT2D eigenvalue weighted by Crippen LogP contribution is 2.32. The third-order valence-electron chi connectivity index (χ3n) is 2.87. The van der Waals surface area contributed by atoms with Crippen LogP contribution in [-0.2, 0) is 0 Å². The molecule has 13 heavy (non-hydrogen) atoms. The van der Waals surface area contributed by atoms with Crippen LogP contribution in [0.25, 0.3) is 0 Å². The fraction of sp³-hybridized carbons (Fsp3) is 0.800. The molecular formula is C10H16N3. The Morgan fingerprint density at radius 2 is 1.69 bits per heavy atom. The van der Waals surface area contributed by atoms with Gasteiger partial charge in [-0.3, -0.25) is 0 Å². The van der Waals surface area contributed by atoms with E-state index >= 15 is 0 Å². The molecule has 0 aromatic rings. The minimum atomic E-state index is 0.586. The molecule has 0 unspecified atom stereocenters. The average molecular weight is 178 g/mol. The molecule has 2 rings (SSSR count). The summed E-state index contributed by atoms with van der Waals surface area (Å²) in [4.78, 5) is 4.19. The normalized spacial score (nSPS) is 26.2. The lowest BCUT2D eigenvalue weighted by molar-refractivity contribution is 0.383. The van der Waals surface area contributed by atoms with Gasteiger partial charge in [0, 0.05) is 5.92 Å². The first kappa shape index (κ1) is 8.85. The van der Waals surface area contributed by atoms with Gasteiger partial charge in [0.15, 0.2) is 0 Å². The second-order valence-corrected chi connectivity index (χ2v) is 3.86. The zero-order valence-electron chi connectivity index (χ0n) is 7.95. The van der Waals surface area contributed by atoms with E-state index in [1.54, 1.807) is 6.34 Å². The van der Waals surface area contributed by atoms with Crippen molar-refractivity contribution in [2.24, 2.45) is 21.1 Å². The van der Waals surface area contributed by atoms with Gasteiger partial charge in [0.25, 0.3) is 0 Å². The van der Waals surface area contributed by atoms with Crippen molar-refractivity contribution in [3.05, 3.63) is 6.17 Å².